The van der Waals surface area contributed by atoms with E-state index in [-0.39, 0.29) is 26.3 Å². The topological polar surface area (TPSA) is 29.5 Å². The van der Waals surface area contributed by atoms with Crippen LogP contribution in [-0.2, 0) is 9.09 Å². The molecule has 0 aliphatic heterocycles. The highest BCUT2D eigenvalue weighted by molar-refractivity contribution is 7.58. The molecule has 0 N–H and O–H groups in total. The van der Waals surface area contributed by atoms with Crippen molar-refractivity contribution in [2.24, 2.45) is 5.41 Å². The summed E-state index contributed by atoms with van der Waals surface area (Å²) in [5, 5.41) is -0.434. The van der Waals surface area contributed by atoms with Crippen molar-refractivity contribution in [3.63, 3.8) is 0 Å². The minimum Gasteiger partial charge on any atom is -0.316 e. The maximum atomic E-state index is 13.7. The molecule has 0 bridgehead atoms. The molecule has 0 spiro atoms. The van der Waals surface area contributed by atoms with Gasteiger partial charge in [0.05, 0.1) is 11.8 Å². The van der Waals surface area contributed by atoms with Crippen LogP contribution in [0.5, 0.6) is 0 Å². The summed E-state index contributed by atoms with van der Waals surface area (Å²) in [5.41, 5.74) is 1.13. The Bertz CT molecular complexity index is 515. The van der Waals surface area contributed by atoms with Gasteiger partial charge in [0.1, 0.15) is 0 Å². The van der Waals surface area contributed by atoms with E-state index >= 15 is 0 Å². The van der Waals surface area contributed by atoms with Crippen molar-refractivity contribution >= 4 is 7.52 Å². The van der Waals surface area contributed by atoms with Crippen LogP contribution >= 0.6 is 7.52 Å². The first kappa shape index (κ1) is 25.6. The third-order valence-corrected chi connectivity index (χ3v) is 7.13. The summed E-state index contributed by atoms with van der Waals surface area (Å²) >= 11 is 0. The number of benzene rings is 1. The predicted octanol–water partition coefficient (Wildman–Crippen LogP) is 7.01. The molecule has 3 nitrogen and oxygen atoms in total. The van der Waals surface area contributed by atoms with Crippen LogP contribution in [0.1, 0.15) is 74.9 Å². The van der Waals surface area contributed by atoms with E-state index < -0.39 is 12.7 Å². The first-order valence-corrected chi connectivity index (χ1v) is 9.49. The lowest BCUT2D eigenvalue weighted by molar-refractivity contribution is 0.167. The van der Waals surface area contributed by atoms with Gasteiger partial charge in [0.2, 0.25) is 0 Å². The Morgan fingerprint density at radius 3 is 1.88 bits per heavy atom. The third kappa shape index (κ3) is 6.35. The molecule has 0 aromatic heterocycles. The Morgan fingerprint density at radius 1 is 1.04 bits per heavy atom. The number of nitrogens with zero attached hydrogens (tertiary/aromatic N) is 1. The zero-order valence-corrected chi connectivity index (χ0v) is 16.3. The number of hydrogen-bond acceptors (Lipinski definition) is 2. The van der Waals surface area contributed by atoms with Crippen LogP contribution < -0.4 is 0 Å². The summed E-state index contributed by atoms with van der Waals surface area (Å²) in [6.07, 6.45) is 0. The molecule has 24 heavy (non-hydrogen) atoms. The quantitative estimate of drug-likeness (QED) is 0.531. The van der Waals surface area contributed by atoms with Gasteiger partial charge in [0.15, 0.2) is 0 Å². The van der Waals surface area contributed by atoms with Gasteiger partial charge in [-0.2, -0.15) is 0 Å². The molecule has 0 aliphatic carbocycles. The van der Waals surface area contributed by atoms with E-state index in [4.69, 9.17) is 4.52 Å². The minimum atomic E-state index is -2.98. The fourth-order valence-corrected chi connectivity index (χ4v) is 4.88. The van der Waals surface area contributed by atoms with Crippen molar-refractivity contribution in [1.82, 2.24) is 4.67 Å². The second-order valence-electron chi connectivity index (χ2n) is 8.19. The van der Waals surface area contributed by atoms with Gasteiger partial charge in [0.25, 0.3) is 7.52 Å². The minimum absolute atomic E-state index is 0. The lowest BCUT2D eigenvalue weighted by Gasteiger charge is -2.41. The highest BCUT2D eigenvalue weighted by atomic mass is 31.2. The van der Waals surface area contributed by atoms with Crippen LogP contribution in [0, 0.1) is 5.41 Å². The molecule has 0 radical (unpaired) electrons. The second kappa shape index (κ2) is 9.17. The molecule has 0 saturated heterocycles. The number of hydrogen-bond donors (Lipinski definition) is 0. The molecule has 142 valence electrons. The molecule has 0 heterocycles. The molecule has 1 unspecified atom stereocenters. The largest absolute Gasteiger partial charge is 0.316 e. The molecule has 1 rings (SSSR count). The molecule has 1 aromatic carbocycles. The van der Waals surface area contributed by atoms with Crippen molar-refractivity contribution < 1.29 is 9.09 Å². The molecular weight excluding hydrogens is 317 g/mol. The predicted molar refractivity (Wildman–Crippen MR) is 109 cm³/mol. The third-order valence-electron chi connectivity index (χ3n) is 3.78. The van der Waals surface area contributed by atoms with Gasteiger partial charge < -0.3 is 4.52 Å². The van der Waals surface area contributed by atoms with E-state index in [9.17, 15) is 4.57 Å². The second-order valence-corrected chi connectivity index (χ2v) is 11.5. The lowest BCUT2D eigenvalue weighted by atomic mass is 9.99. The molecule has 0 saturated carbocycles. The summed E-state index contributed by atoms with van der Waals surface area (Å²) < 4.78 is 21.7. The monoisotopic (exact) mass is 357 g/mol. The van der Waals surface area contributed by atoms with Gasteiger partial charge in [-0.3, -0.25) is 4.57 Å². The summed E-state index contributed by atoms with van der Waals surface area (Å²) in [6, 6.07) is 10.2. The van der Waals surface area contributed by atoms with Gasteiger partial charge in [-0.25, -0.2) is 4.67 Å². The van der Waals surface area contributed by atoms with Crippen LogP contribution in [0.3, 0.4) is 0 Å². The molecule has 0 aliphatic rings. The highest BCUT2D eigenvalue weighted by Crippen LogP contribution is 2.63. The van der Waals surface area contributed by atoms with Gasteiger partial charge >= 0.3 is 0 Å². The van der Waals surface area contributed by atoms with Gasteiger partial charge in [-0.15, -0.1) is 0 Å². The van der Waals surface area contributed by atoms with E-state index in [0.717, 1.165) is 5.56 Å². The lowest BCUT2D eigenvalue weighted by Crippen LogP contribution is -2.32. The van der Waals surface area contributed by atoms with Gasteiger partial charge in [0, 0.05) is 6.04 Å². The van der Waals surface area contributed by atoms with E-state index in [1.54, 1.807) is 0 Å². The van der Waals surface area contributed by atoms with E-state index in [2.05, 4.69) is 39.8 Å². The summed E-state index contributed by atoms with van der Waals surface area (Å²) in [6.45, 7) is 14.8. The van der Waals surface area contributed by atoms with Crippen LogP contribution in [0.2, 0.25) is 0 Å². The Labute approximate surface area is 151 Å². The summed E-state index contributed by atoms with van der Waals surface area (Å²) in [7, 11) is -1.07. The zero-order chi connectivity index (χ0) is 17.2. The SMILES string of the molecule is C.C.C[C@H](c1ccccc1)N(C)P(=O)(OCC(C)(C)C)C(C)(C)C. The number of rotatable bonds is 5. The van der Waals surface area contributed by atoms with Gasteiger partial charge in [-0.05, 0) is 45.7 Å². The van der Waals surface area contributed by atoms with Crippen molar-refractivity contribution in [3.05, 3.63) is 35.9 Å². The van der Waals surface area contributed by atoms with Gasteiger partial charge in [-0.1, -0.05) is 66.0 Å². The van der Waals surface area contributed by atoms with Crippen molar-refractivity contribution in [1.29, 1.82) is 0 Å². The van der Waals surface area contributed by atoms with E-state index in [0.29, 0.717) is 6.61 Å². The molecule has 0 fully saturated rings. The fraction of sp³-hybridized carbons (Fsp3) is 0.700. The summed E-state index contributed by atoms with van der Waals surface area (Å²) in [4.78, 5) is 0. The molecular formula is C20H40NO2P. The van der Waals surface area contributed by atoms with Crippen molar-refractivity contribution in [2.45, 2.75) is 74.5 Å². The van der Waals surface area contributed by atoms with Crippen LogP contribution in [-0.4, -0.2) is 23.5 Å². The first-order valence-electron chi connectivity index (χ1n) is 7.91. The average Bonchev–Trinajstić information content (AvgIpc) is 2.42. The molecule has 1 aromatic rings. The Hall–Kier alpha value is -0.630. The molecule has 2 atom stereocenters. The summed E-state index contributed by atoms with van der Waals surface area (Å²) in [5.74, 6) is 0. The Kier molecular flexibility index (Phi) is 9.79. The molecule has 0 amide bonds. The standard InChI is InChI=1S/C18H32NO2P.2CH4/c1-15(16-12-10-9-11-13-16)19(8)22(20,18(5,6)7)21-14-17(2,3)4;;/h9-13,15H,14H2,1-8H3;2*1H4/t15-,22?;;/m1../s1. The van der Waals surface area contributed by atoms with Crippen LogP contribution in [0.25, 0.3) is 0 Å². The highest BCUT2D eigenvalue weighted by Gasteiger charge is 2.44. The Morgan fingerprint density at radius 2 is 1.50 bits per heavy atom. The van der Waals surface area contributed by atoms with Crippen molar-refractivity contribution in [3.8, 4) is 0 Å². The van der Waals surface area contributed by atoms with E-state index in [1.807, 2.05) is 50.7 Å². The van der Waals surface area contributed by atoms with E-state index in [1.165, 1.54) is 0 Å². The van der Waals surface area contributed by atoms with Crippen molar-refractivity contribution in [2.75, 3.05) is 13.7 Å². The van der Waals surface area contributed by atoms with Crippen LogP contribution in [0.15, 0.2) is 30.3 Å². The fourth-order valence-electron chi connectivity index (χ4n) is 2.21. The maximum absolute atomic E-state index is 13.7. The smallest absolute Gasteiger partial charge is 0.277 e. The average molecular weight is 358 g/mol. The first-order chi connectivity index (χ1) is 9.88. The van der Waals surface area contributed by atoms with Crippen LogP contribution in [0.4, 0.5) is 0 Å². The zero-order valence-electron chi connectivity index (χ0n) is 15.4. The Balaban J connectivity index is 0. The normalized spacial score (nSPS) is 15.9. The maximum Gasteiger partial charge on any atom is 0.277 e. The molecule has 4 heteroatoms.